The fourth-order valence-electron chi connectivity index (χ4n) is 1.52. The monoisotopic (exact) mass is 221 g/mol. The van der Waals surface area contributed by atoms with Crippen LogP contribution in [0, 0.1) is 0 Å². The Morgan fingerprint density at radius 3 is 2.50 bits per heavy atom. The molecular weight excluding hydrogens is 202 g/mol. The first-order valence-corrected chi connectivity index (χ1v) is 5.62. The number of Topliss-reactive ketones (excluding diaryl/α,β-unsaturated/α-hetero) is 1. The second-order valence-corrected chi connectivity index (χ2v) is 3.94. The zero-order valence-corrected chi connectivity index (χ0v) is 9.81. The highest BCUT2D eigenvalue weighted by Gasteiger charge is 2.16. The first-order chi connectivity index (χ1) is 7.63. The number of hydrogen-bond donors (Lipinski definition) is 2. The molecule has 0 aliphatic rings. The van der Waals surface area contributed by atoms with Crippen LogP contribution in [0.4, 0.5) is 0 Å². The standard InChI is InChI=1S/C13H19NO2/c1-3-13(16)14-12(10(2)15)9-11-7-5-4-6-8-11/h4-8,12-14,16H,3,9H2,1-2H3. The van der Waals surface area contributed by atoms with E-state index >= 15 is 0 Å². The number of hydrogen-bond acceptors (Lipinski definition) is 3. The second-order valence-electron chi connectivity index (χ2n) is 3.94. The summed E-state index contributed by atoms with van der Waals surface area (Å²) in [5.41, 5.74) is 1.10. The minimum absolute atomic E-state index is 0.0522. The predicted molar refractivity (Wildman–Crippen MR) is 64.0 cm³/mol. The van der Waals surface area contributed by atoms with Gasteiger partial charge in [0.1, 0.15) is 12.0 Å². The minimum atomic E-state index is -0.613. The third-order valence-corrected chi connectivity index (χ3v) is 2.55. The summed E-state index contributed by atoms with van der Waals surface area (Å²) in [6.07, 6.45) is 0.601. The van der Waals surface area contributed by atoms with Crippen molar-refractivity contribution < 1.29 is 9.90 Å². The first-order valence-electron chi connectivity index (χ1n) is 5.62. The smallest absolute Gasteiger partial charge is 0.147 e. The van der Waals surface area contributed by atoms with Gasteiger partial charge in [0, 0.05) is 0 Å². The molecule has 0 spiro atoms. The Hall–Kier alpha value is -1.19. The van der Waals surface area contributed by atoms with Gasteiger partial charge in [-0.1, -0.05) is 37.3 Å². The largest absolute Gasteiger partial charge is 0.379 e. The van der Waals surface area contributed by atoms with Gasteiger partial charge in [0.2, 0.25) is 0 Å². The Balaban J connectivity index is 2.62. The van der Waals surface area contributed by atoms with Gasteiger partial charge in [0.05, 0.1) is 6.04 Å². The lowest BCUT2D eigenvalue weighted by Crippen LogP contribution is -2.43. The zero-order chi connectivity index (χ0) is 12.0. The Labute approximate surface area is 96.5 Å². The Morgan fingerprint density at radius 1 is 1.38 bits per heavy atom. The van der Waals surface area contributed by atoms with Gasteiger partial charge >= 0.3 is 0 Å². The molecule has 0 fully saturated rings. The van der Waals surface area contributed by atoms with Gasteiger partial charge in [0.15, 0.2) is 0 Å². The Bertz CT molecular complexity index is 324. The molecule has 88 valence electrons. The first kappa shape index (κ1) is 12.9. The van der Waals surface area contributed by atoms with Crippen LogP contribution in [0.25, 0.3) is 0 Å². The van der Waals surface area contributed by atoms with Gasteiger partial charge in [-0.05, 0) is 25.3 Å². The predicted octanol–water partition coefficient (Wildman–Crippen LogP) is 1.50. The number of benzene rings is 1. The van der Waals surface area contributed by atoms with Crippen LogP contribution in [-0.4, -0.2) is 23.2 Å². The van der Waals surface area contributed by atoms with Gasteiger partial charge in [-0.3, -0.25) is 10.1 Å². The molecule has 0 bridgehead atoms. The lowest BCUT2D eigenvalue weighted by atomic mass is 10.0. The quantitative estimate of drug-likeness (QED) is 0.716. The number of aliphatic hydroxyl groups is 1. The number of ketones is 1. The number of rotatable bonds is 6. The maximum Gasteiger partial charge on any atom is 0.147 e. The number of aliphatic hydroxyl groups excluding tert-OH is 1. The van der Waals surface area contributed by atoms with E-state index in [4.69, 9.17) is 0 Å². The van der Waals surface area contributed by atoms with Crippen LogP contribution in [-0.2, 0) is 11.2 Å². The molecule has 0 amide bonds. The molecule has 3 nitrogen and oxygen atoms in total. The summed E-state index contributed by atoms with van der Waals surface area (Å²) in [7, 11) is 0. The van der Waals surface area contributed by atoms with E-state index in [-0.39, 0.29) is 11.8 Å². The molecular formula is C13H19NO2. The Morgan fingerprint density at radius 2 is 2.00 bits per heavy atom. The van der Waals surface area contributed by atoms with Crippen LogP contribution < -0.4 is 5.32 Å². The van der Waals surface area contributed by atoms with E-state index in [1.807, 2.05) is 37.3 Å². The van der Waals surface area contributed by atoms with Gasteiger partial charge in [-0.25, -0.2) is 0 Å². The van der Waals surface area contributed by atoms with Crippen LogP contribution in [0.3, 0.4) is 0 Å². The SMILES string of the molecule is CCC(O)NC(Cc1ccccc1)C(C)=O. The van der Waals surface area contributed by atoms with Crippen LogP contribution in [0.1, 0.15) is 25.8 Å². The number of carbonyl (C=O) groups is 1. The summed E-state index contributed by atoms with van der Waals surface area (Å²) in [5, 5.41) is 12.4. The highest BCUT2D eigenvalue weighted by atomic mass is 16.3. The molecule has 0 aliphatic heterocycles. The van der Waals surface area contributed by atoms with E-state index in [1.165, 1.54) is 0 Å². The summed E-state index contributed by atoms with van der Waals surface area (Å²) in [4.78, 5) is 11.4. The van der Waals surface area contributed by atoms with Crippen molar-refractivity contribution in [2.24, 2.45) is 0 Å². The van der Waals surface area contributed by atoms with Crippen LogP contribution in [0.15, 0.2) is 30.3 Å². The van der Waals surface area contributed by atoms with Crippen molar-refractivity contribution in [3.63, 3.8) is 0 Å². The summed E-state index contributed by atoms with van der Waals surface area (Å²) >= 11 is 0. The lowest BCUT2D eigenvalue weighted by Gasteiger charge is -2.19. The number of nitrogens with one attached hydrogen (secondary N) is 1. The molecule has 0 saturated carbocycles. The van der Waals surface area contributed by atoms with Gasteiger partial charge in [0.25, 0.3) is 0 Å². The van der Waals surface area contributed by atoms with Crippen LogP contribution in [0.5, 0.6) is 0 Å². The molecule has 2 unspecified atom stereocenters. The average Bonchev–Trinajstić information content (AvgIpc) is 2.29. The van der Waals surface area contributed by atoms with Crippen molar-refractivity contribution in [2.75, 3.05) is 0 Å². The fraction of sp³-hybridized carbons (Fsp3) is 0.462. The molecule has 2 atom stereocenters. The average molecular weight is 221 g/mol. The molecule has 3 heteroatoms. The molecule has 0 aliphatic carbocycles. The summed E-state index contributed by atoms with van der Waals surface area (Å²) in [5.74, 6) is 0.0522. The van der Waals surface area contributed by atoms with Crippen molar-refractivity contribution in [1.29, 1.82) is 0 Å². The molecule has 0 saturated heterocycles. The number of carbonyl (C=O) groups excluding carboxylic acids is 1. The normalized spacial score (nSPS) is 14.4. The molecule has 1 aromatic rings. The van der Waals surface area contributed by atoms with Crippen LogP contribution >= 0.6 is 0 Å². The topological polar surface area (TPSA) is 49.3 Å². The van der Waals surface area contributed by atoms with Gasteiger partial charge in [-0.15, -0.1) is 0 Å². The van der Waals surface area contributed by atoms with Crippen molar-refractivity contribution in [3.05, 3.63) is 35.9 Å². The molecule has 2 N–H and O–H groups in total. The summed E-state index contributed by atoms with van der Waals surface area (Å²) in [6, 6.07) is 9.50. The highest BCUT2D eigenvalue weighted by Crippen LogP contribution is 2.05. The lowest BCUT2D eigenvalue weighted by molar-refractivity contribution is -0.119. The van der Waals surface area contributed by atoms with Gasteiger partial charge < -0.3 is 5.11 Å². The van der Waals surface area contributed by atoms with E-state index in [2.05, 4.69) is 5.32 Å². The van der Waals surface area contributed by atoms with Crippen LogP contribution in [0.2, 0.25) is 0 Å². The third-order valence-electron chi connectivity index (χ3n) is 2.55. The van der Waals surface area contributed by atoms with Crippen molar-refractivity contribution in [1.82, 2.24) is 5.32 Å². The molecule has 1 aromatic carbocycles. The fourth-order valence-corrected chi connectivity index (χ4v) is 1.52. The summed E-state index contributed by atoms with van der Waals surface area (Å²) in [6.45, 7) is 3.42. The summed E-state index contributed by atoms with van der Waals surface area (Å²) < 4.78 is 0. The third kappa shape index (κ3) is 4.13. The molecule has 0 aromatic heterocycles. The zero-order valence-electron chi connectivity index (χ0n) is 9.81. The molecule has 0 heterocycles. The van der Waals surface area contributed by atoms with E-state index < -0.39 is 6.23 Å². The molecule has 16 heavy (non-hydrogen) atoms. The second kappa shape index (κ2) is 6.40. The van der Waals surface area contributed by atoms with E-state index in [1.54, 1.807) is 6.92 Å². The van der Waals surface area contributed by atoms with Crippen molar-refractivity contribution in [3.8, 4) is 0 Å². The highest BCUT2D eigenvalue weighted by molar-refractivity contribution is 5.81. The maximum absolute atomic E-state index is 11.4. The minimum Gasteiger partial charge on any atom is -0.379 e. The van der Waals surface area contributed by atoms with Gasteiger partial charge in [-0.2, -0.15) is 0 Å². The van der Waals surface area contributed by atoms with E-state index in [0.717, 1.165) is 5.56 Å². The van der Waals surface area contributed by atoms with E-state index in [9.17, 15) is 9.90 Å². The van der Waals surface area contributed by atoms with Crippen molar-refractivity contribution >= 4 is 5.78 Å². The Kier molecular flexibility index (Phi) is 5.15. The maximum atomic E-state index is 11.4. The van der Waals surface area contributed by atoms with E-state index in [0.29, 0.717) is 12.8 Å². The molecule has 0 radical (unpaired) electrons. The molecule has 1 rings (SSSR count). The van der Waals surface area contributed by atoms with Crippen molar-refractivity contribution in [2.45, 2.75) is 39.0 Å².